The van der Waals surface area contributed by atoms with E-state index in [-0.39, 0.29) is 5.82 Å². The molecule has 0 aliphatic carbocycles. The van der Waals surface area contributed by atoms with Crippen molar-refractivity contribution in [2.24, 2.45) is 0 Å². The first-order valence-electron chi connectivity index (χ1n) is 5.58. The Kier molecular flexibility index (Phi) is 4.45. The number of aliphatic hydroxyl groups excluding tert-OH is 1. The van der Waals surface area contributed by atoms with Crippen LogP contribution in [-0.2, 0) is 0 Å². The Balaban J connectivity index is 2.26. The van der Waals surface area contributed by atoms with Gasteiger partial charge in [0.25, 0.3) is 0 Å². The second-order valence-corrected chi connectivity index (χ2v) is 5.30. The van der Waals surface area contributed by atoms with Crippen LogP contribution in [-0.4, -0.2) is 5.11 Å². The molecule has 0 heterocycles. The molecule has 1 N–H and O–H groups in total. The van der Waals surface area contributed by atoms with E-state index < -0.39 is 6.10 Å². The van der Waals surface area contributed by atoms with E-state index >= 15 is 0 Å². The normalized spacial score (nSPS) is 12.3. The van der Waals surface area contributed by atoms with E-state index in [1.54, 1.807) is 25.1 Å². The molecule has 2 nitrogen and oxygen atoms in total. The van der Waals surface area contributed by atoms with Crippen LogP contribution in [0.15, 0.2) is 40.9 Å². The Morgan fingerprint density at radius 1 is 1.26 bits per heavy atom. The molecule has 0 radical (unpaired) electrons. The third-order valence-electron chi connectivity index (χ3n) is 2.54. The Labute approximate surface area is 123 Å². The lowest BCUT2D eigenvalue weighted by molar-refractivity contribution is 0.199. The van der Waals surface area contributed by atoms with Gasteiger partial charge in [-0.1, -0.05) is 17.7 Å². The predicted molar refractivity (Wildman–Crippen MR) is 76.3 cm³/mol. The smallest absolute Gasteiger partial charge is 0.141 e. The van der Waals surface area contributed by atoms with Gasteiger partial charge in [-0.3, -0.25) is 0 Å². The molecule has 0 saturated heterocycles. The first-order chi connectivity index (χ1) is 8.97. The van der Waals surface area contributed by atoms with Crippen LogP contribution in [0.2, 0.25) is 5.02 Å². The lowest BCUT2D eigenvalue weighted by Crippen LogP contribution is -1.93. The molecule has 0 aliphatic heterocycles. The standard InChI is InChI=1S/C14H11BrClFO2/c1-8(18)11-4-3-10(7-13(11)16)19-14-5-2-9(17)6-12(14)15/h2-8,18H,1H3. The average Bonchev–Trinajstić information content (AvgIpc) is 2.32. The summed E-state index contributed by atoms with van der Waals surface area (Å²) in [5, 5.41) is 9.91. The Morgan fingerprint density at radius 3 is 2.58 bits per heavy atom. The van der Waals surface area contributed by atoms with Gasteiger partial charge in [-0.2, -0.15) is 0 Å². The van der Waals surface area contributed by atoms with E-state index in [9.17, 15) is 9.50 Å². The first kappa shape index (κ1) is 14.3. The molecular formula is C14H11BrClFO2. The van der Waals surface area contributed by atoms with Crippen molar-refractivity contribution in [3.63, 3.8) is 0 Å². The van der Waals surface area contributed by atoms with Crippen LogP contribution in [0.4, 0.5) is 4.39 Å². The molecule has 100 valence electrons. The summed E-state index contributed by atoms with van der Waals surface area (Å²) >= 11 is 9.27. The summed E-state index contributed by atoms with van der Waals surface area (Å²) in [5.41, 5.74) is 0.632. The summed E-state index contributed by atoms with van der Waals surface area (Å²) < 4.78 is 19.1. The minimum absolute atomic E-state index is 0.346. The highest BCUT2D eigenvalue weighted by atomic mass is 79.9. The molecule has 1 unspecified atom stereocenters. The largest absolute Gasteiger partial charge is 0.456 e. The van der Waals surface area contributed by atoms with Crippen LogP contribution >= 0.6 is 27.5 Å². The molecule has 0 aromatic heterocycles. The SMILES string of the molecule is CC(O)c1ccc(Oc2ccc(F)cc2Br)cc1Cl. The number of rotatable bonds is 3. The molecule has 0 amide bonds. The molecule has 5 heteroatoms. The molecule has 2 aromatic rings. The van der Waals surface area contributed by atoms with Crippen LogP contribution in [0.3, 0.4) is 0 Å². The zero-order valence-corrected chi connectivity index (χ0v) is 12.4. The Bertz CT molecular complexity index is 602. The van der Waals surface area contributed by atoms with Gasteiger partial charge in [-0.15, -0.1) is 0 Å². The van der Waals surface area contributed by atoms with Crippen molar-refractivity contribution < 1.29 is 14.2 Å². The van der Waals surface area contributed by atoms with Gasteiger partial charge in [0.15, 0.2) is 0 Å². The average molecular weight is 346 g/mol. The lowest BCUT2D eigenvalue weighted by atomic mass is 10.1. The summed E-state index contributed by atoms with van der Waals surface area (Å²) in [5.74, 6) is 0.658. The van der Waals surface area contributed by atoms with Crippen molar-refractivity contribution in [1.82, 2.24) is 0 Å². The van der Waals surface area contributed by atoms with E-state index in [4.69, 9.17) is 16.3 Å². The highest BCUT2D eigenvalue weighted by molar-refractivity contribution is 9.10. The van der Waals surface area contributed by atoms with Gasteiger partial charge in [0.2, 0.25) is 0 Å². The van der Waals surface area contributed by atoms with Gasteiger partial charge < -0.3 is 9.84 Å². The molecule has 2 aromatic carbocycles. The molecule has 0 spiro atoms. The van der Waals surface area contributed by atoms with E-state index in [2.05, 4.69) is 15.9 Å². The van der Waals surface area contributed by atoms with E-state index in [1.807, 2.05) is 0 Å². The zero-order valence-electron chi connectivity index (χ0n) is 10.0. The number of hydrogen-bond donors (Lipinski definition) is 1. The zero-order chi connectivity index (χ0) is 14.0. The topological polar surface area (TPSA) is 29.5 Å². The van der Waals surface area contributed by atoms with Gasteiger partial charge in [-0.25, -0.2) is 4.39 Å². The van der Waals surface area contributed by atoms with Crippen LogP contribution in [0, 0.1) is 5.82 Å². The van der Waals surface area contributed by atoms with Crippen molar-refractivity contribution in [3.05, 3.63) is 57.3 Å². The fourth-order valence-electron chi connectivity index (χ4n) is 1.60. The lowest BCUT2D eigenvalue weighted by Gasteiger charge is -2.11. The number of hydrogen-bond acceptors (Lipinski definition) is 2. The molecule has 0 aliphatic rings. The number of ether oxygens (including phenoxy) is 1. The molecule has 0 bridgehead atoms. The van der Waals surface area contributed by atoms with Crippen molar-refractivity contribution in [1.29, 1.82) is 0 Å². The predicted octanol–water partition coefficient (Wildman–Crippen LogP) is 5.09. The maximum absolute atomic E-state index is 13.0. The maximum Gasteiger partial charge on any atom is 0.141 e. The van der Waals surface area contributed by atoms with Gasteiger partial charge >= 0.3 is 0 Å². The first-order valence-corrected chi connectivity index (χ1v) is 6.75. The monoisotopic (exact) mass is 344 g/mol. The van der Waals surface area contributed by atoms with Crippen LogP contribution in [0.1, 0.15) is 18.6 Å². The van der Waals surface area contributed by atoms with Gasteiger partial charge in [0, 0.05) is 0 Å². The summed E-state index contributed by atoms with van der Waals surface area (Å²) in [6.07, 6.45) is -0.640. The van der Waals surface area contributed by atoms with Crippen molar-refractivity contribution in [2.45, 2.75) is 13.0 Å². The minimum Gasteiger partial charge on any atom is -0.456 e. The van der Waals surface area contributed by atoms with Gasteiger partial charge in [0.1, 0.15) is 17.3 Å². The summed E-state index contributed by atoms with van der Waals surface area (Å²) in [4.78, 5) is 0. The van der Waals surface area contributed by atoms with Crippen LogP contribution < -0.4 is 4.74 Å². The fraction of sp³-hybridized carbons (Fsp3) is 0.143. The Hall–Kier alpha value is -1.10. The van der Waals surface area contributed by atoms with Crippen molar-refractivity contribution in [3.8, 4) is 11.5 Å². The third-order valence-corrected chi connectivity index (χ3v) is 3.49. The van der Waals surface area contributed by atoms with Crippen molar-refractivity contribution in [2.75, 3.05) is 0 Å². The van der Waals surface area contributed by atoms with E-state index in [1.165, 1.54) is 18.2 Å². The molecule has 0 saturated carbocycles. The van der Waals surface area contributed by atoms with Crippen molar-refractivity contribution >= 4 is 27.5 Å². The molecule has 1 atom stereocenters. The second-order valence-electron chi connectivity index (χ2n) is 4.04. The summed E-state index contributed by atoms with van der Waals surface area (Å²) in [6.45, 7) is 1.64. The Morgan fingerprint density at radius 2 is 2.00 bits per heavy atom. The summed E-state index contributed by atoms with van der Waals surface area (Å²) in [6, 6.07) is 9.16. The van der Waals surface area contributed by atoms with E-state index in [0.29, 0.717) is 26.6 Å². The quantitative estimate of drug-likeness (QED) is 0.840. The molecular weight excluding hydrogens is 335 g/mol. The number of aliphatic hydroxyl groups is 1. The number of halogens is 3. The van der Waals surface area contributed by atoms with Gasteiger partial charge in [-0.05, 0) is 58.7 Å². The molecule has 2 rings (SSSR count). The van der Waals surface area contributed by atoms with Gasteiger partial charge in [0.05, 0.1) is 15.6 Å². The second kappa shape index (κ2) is 5.90. The van der Waals surface area contributed by atoms with E-state index in [0.717, 1.165) is 0 Å². The highest BCUT2D eigenvalue weighted by Crippen LogP contribution is 2.33. The molecule has 0 fully saturated rings. The summed E-state index contributed by atoms with van der Waals surface area (Å²) in [7, 11) is 0. The van der Waals surface area contributed by atoms with Crippen LogP contribution in [0.25, 0.3) is 0 Å². The number of benzene rings is 2. The minimum atomic E-state index is -0.640. The maximum atomic E-state index is 13.0. The third kappa shape index (κ3) is 3.47. The molecule has 19 heavy (non-hydrogen) atoms. The van der Waals surface area contributed by atoms with Crippen LogP contribution in [0.5, 0.6) is 11.5 Å². The highest BCUT2D eigenvalue weighted by Gasteiger charge is 2.09. The fourth-order valence-corrected chi connectivity index (χ4v) is 2.36.